The van der Waals surface area contributed by atoms with Crippen LogP contribution in [0.4, 0.5) is 5.69 Å². The van der Waals surface area contributed by atoms with Gasteiger partial charge in [-0.2, -0.15) is 0 Å². The fraction of sp³-hybridized carbons (Fsp3) is 0.316. The topological polar surface area (TPSA) is 40.5 Å². The van der Waals surface area contributed by atoms with Gasteiger partial charge < -0.3 is 10.0 Å². The summed E-state index contributed by atoms with van der Waals surface area (Å²) < 4.78 is 0. The average Bonchev–Trinajstić information content (AvgIpc) is 2.99. The van der Waals surface area contributed by atoms with Gasteiger partial charge in [-0.05, 0) is 68.3 Å². The van der Waals surface area contributed by atoms with Crippen molar-refractivity contribution in [1.82, 2.24) is 0 Å². The molecule has 0 aliphatic carbocycles. The molecule has 23 heavy (non-hydrogen) atoms. The number of thiophene rings is 1. The van der Waals surface area contributed by atoms with Gasteiger partial charge in [-0.25, -0.2) is 0 Å². The van der Waals surface area contributed by atoms with Crippen molar-refractivity contribution in [2.24, 2.45) is 0 Å². The van der Waals surface area contributed by atoms with E-state index < -0.39 is 0 Å². The molecule has 1 fully saturated rings. The Balaban J connectivity index is 1.64. The van der Waals surface area contributed by atoms with Gasteiger partial charge >= 0.3 is 0 Å². The average molecular weight is 327 g/mol. The van der Waals surface area contributed by atoms with E-state index in [0.29, 0.717) is 5.56 Å². The lowest BCUT2D eigenvalue weighted by molar-refractivity contribution is 0.104. The maximum absolute atomic E-state index is 12.2. The normalized spacial score (nSPS) is 16.2. The van der Waals surface area contributed by atoms with Crippen molar-refractivity contribution in [1.29, 1.82) is 0 Å². The second-order valence-electron chi connectivity index (χ2n) is 5.91. The summed E-state index contributed by atoms with van der Waals surface area (Å²) in [6, 6.07) is 11.8. The number of aliphatic hydroxyl groups is 1. The highest BCUT2D eigenvalue weighted by atomic mass is 32.1. The number of hydrogen-bond donors (Lipinski definition) is 1. The fourth-order valence-electron chi connectivity index (χ4n) is 2.76. The number of rotatable bonds is 4. The summed E-state index contributed by atoms with van der Waals surface area (Å²) in [6.07, 6.45) is 4.96. The number of carbonyl (C=O) groups is 1. The molecule has 0 amide bonds. The van der Waals surface area contributed by atoms with Gasteiger partial charge in [0.1, 0.15) is 0 Å². The van der Waals surface area contributed by atoms with Crippen molar-refractivity contribution in [3.8, 4) is 0 Å². The van der Waals surface area contributed by atoms with Crippen LogP contribution in [-0.4, -0.2) is 30.1 Å². The molecule has 0 spiro atoms. The van der Waals surface area contributed by atoms with Gasteiger partial charge in [0.2, 0.25) is 0 Å². The Hall–Kier alpha value is -1.91. The largest absolute Gasteiger partial charge is 0.393 e. The molecule has 3 nitrogen and oxygen atoms in total. The van der Waals surface area contributed by atoms with E-state index in [4.69, 9.17) is 0 Å². The number of hydrogen-bond acceptors (Lipinski definition) is 4. The standard InChI is InChI=1S/C19H21NO2S/c1-14-2-7-18(23-14)8-9-19(22)15-3-5-16(6-4-15)20-12-10-17(21)11-13-20/h2-9,17,21H,10-13H2,1H3/b9-8-. The van der Waals surface area contributed by atoms with Gasteiger partial charge in [-0.15, -0.1) is 11.3 Å². The summed E-state index contributed by atoms with van der Waals surface area (Å²) in [5, 5.41) is 9.57. The predicted molar refractivity (Wildman–Crippen MR) is 96.3 cm³/mol. The molecule has 0 unspecified atom stereocenters. The molecule has 0 radical (unpaired) electrons. The Kier molecular flexibility index (Phi) is 4.94. The van der Waals surface area contributed by atoms with Gasteiger partial charge in [0.25, 0.3) is 0 Å². The van der Waals surface area contributed by atoms with Gasteiger partial charge in [-0.3, -0.25) is 4.79 Å². The number of allylic oxidation sites excluding steroid dienone is 1. The molecule has 1 aromatic heterocycles. The molecule has 120 valence electrons. The molecule has 1 aliphatic heterocycles. The first-order chi connectivity index (χ1) is 11.1. The maximum Gasteiger partial charge on any atom is 0.185 e. The SMILES string of the molecule is Cc1ccc(/C=C\C(=O)c2ccc(N3CCC(O)CC3)cc2)s1. The van der Waals surface area contributed by atoms with Crippen molar-refractivity contribution in [3.63, 3.8) is 0 Å². The Labute approximate surface area is 140 Å². The van der Waals surface area contributed by atoms with Gasteiger partial charge in [0, 0.05) is 34.1 Å². The van der Waals surface area contributed by atoms with Crippen LogP contribution in [-0.2, 0) is 0 Å². The van der Waals surface area contributed by atoms with E-state index in [1.807, 2.05) is 36.4 Å². The van der Waals surface area contributed by atoms with E-state index in [-0.39, 0.29) is 11.9 Å². The quantitative estimate of drug-likeness (QED) is 0.683. The van der Waals surface area contributed by atoms with Crippen molar-refractivity contribution >= 4 is 28.9 Å². The lowest BCUT2D eigenvalue weighted by Crippen LogP contribution is -2.35. The molecule has 4 heteroatoms. The maximum atomic E-state index is 12.2. The number of anilines is 1. The summed E-state index contributed by atoms with van der Waals surface area (Å²) in [5.74, 6) is 0.0247. The molecule has 2 heterocycles. The lowest BCUT2D eigenvalue weighted by Gasteiger charge is -2.31. The Bertz CT molecular complexity index is 694. The summed E-state index contributed by atoms with van der Waals surface area (Å²) in [7, 11) is 0. The molecule has 1 aliphatic rings. The summed E-state index contributed by atoms with van der Waals surface area (Å²) in [6.45, 7) is 3.79. The van der Waals surface area contributed by atoms with Crippen LogP contribution >= 0.6 is 11.3 Å². The van der Waals surface area contributed by atoms with E-state index in [9.17, 15) is 9.90 Å². The first-order valence-electron chi connectivity index (χ1n) is 7.94. The highest BCUT2D eigenvalue weighted by molar-refractivity contribution is 7.12. The molecular weight excluding hydrogens is 306 g/mol. The van der Waals surface area contributed by atoms with Crippen molar-refractivity contribution in [2.45, 2.75) is 25.9 Å². The van der Waals surface area contributed by atoms with E-state index >= 15 is 0 Å². The van der Waals surface area contributed by atoms with Gasteiger partial charge in [0.15, 0.2) is 5.78 Å². The minimum Gasteiger partial charge on any atom is -0.393 e. The molecule has 0 saturated carbocycles. The zero-order valence-electron chi connectivity index (χ0n) is 13.2. The van der Waals surface area contributed by atoms with E-state index in [0.717, 1.165) is 36.5 Å². The van der Waals surface area contributed by atoms with Crippen LogP contribution in [0.1, 0.15) is 33.0 Å². The molecule has 1 aromatic carbocycles. The molecule has 0 bridgehead atoms. The fourth-order valence-corrected chi connectivity index (χ4v) is 3.54. The first-order valence-corrected chi connectivity index (χ1v) is 8.75. The van der Waals surface area contributed by atoms with Crippen molar-refractivity contribution in [2.75, 3.05) is 18.0 Å². The summed E-state index contributed by atoms with van der Waals surface area (Å²) >= 11 is 1.68. The minimum atomic E-state index is -0.168. The second-order valence-corrected chi connectivity index (χ2v) is 7.23. The second kappa shape index (κ2) is 7.11. The van der Waals surface area contributed by atoms with Crippen LogP contribution in [0.25, 0.3) is 6.08 Å². The summed E-state index contributed by atoms with van der Waals surface area (Å²) in [5.41, 5.74) is 1.82. The highest BCUT2D eigenvalue weighted by Gasteiger charge is 2.17. The van der Waals surface area contributed by atoms with Crippen LogP contribution in [0.15, 0.2) is 42.5 Å². The summed E-state index contributed by atoms with van der Waals surface area (Å²) in [4.78, 5) is 16.8. The zero-order chi connectivity index (χ0) is 16.2. The number of ketones is 1. The number of piperidine rings is 1. The molecule has 1 saturated heterocycles. The molecule has 0 atom stereocenters. The molecular formula is C19H21NO2S. The number of carbonyl (C=O) groups excluding carboxylic acids is 1. The van der Waals surface area contributed by atoms with Gasteiger partial charge in [0.05, 0.1) is 6.10 Å². The predicted octanol–water partition coefficient (Wildman–Crippen LogP) is 3.91. The Morgan fingerprint density at radius 3 is 2.48 bits per heavy atom. The van der Waals surface area contributed by atoms with E-state index in [1.165, 1.54) is 4.88 Å². The number of nitrogens with zero attached hydrogens (tertiary/aromatic N) is 1. The van der Waals surface area contributed by atoms with Crippen molar-refractivity contribution < 1.29 is 9.90 Å². The van der Waals surface area contributed by atoms with Crippen LogP contribution in [0, 0.1) is 6.92 Å². The monoisotopic (exact) mass is 327 g/mol. The number of aliphatic hydroxyl groups excluding tert-OH is 1. The van der Waals surface area contributed by atoms with Crippen LogP contribution in [0.3, 0.4) is 0 Å². The lowest BCUT2D eigenvalue weighted by atomic mass is 10.1. The first kappa shape index (κ1) is 16.0. The number of benzene rings is 1. The zero-order valence-corrected chi connectivity index (χ0v) is 14.1. The van der Waals surface area contributed by atoms with Crippen molar-refractivity contribution in [3.05, 3.63) is 57.8 Å². The molecule has 1 N–H and O–H groups in total. The molecule has 2 aromatic rings. The third-order valence-corrected chi connectivity index (χ3v) is 5.11. The Morgan fingerprint density at radius 1 is 1.17 bits per heavy atom. The van der Waals surface area contributed by atoms with Crippen LogP contribution in [0.2, 0.25) is 0 Å². The third-order valence-electron chi connectivity index (χ3n) is 4.14. The van der Waals surface area contributed by atoms with E-state index in [1.54, 1.807) is 17.4 Å². The minimum absolute atomic E-state index is 0.0247. The van der Waals surface area contributed by atoms with E-state index in [2.05, 4.69) is 17.9 Å². The number of aryl methyl sites for hydroxylation is 1. The third kappa shape index (κ3) is 4.09. The van der Waals surface area contributed by atoms with Gasteiger partial charge in [-0.1, -0.05) is 0 Å². The highest BCUT2D eigenvalue weighted by Crippen LogP contribution is 2.21. The van der Waals surface area contributed by atoms with Crippen LogP contribution in [0.5, 0.6) is 0 Å². The molecule has 3 rings (SSSR count). The smallest absolute Gasteiger partial charge is 0.185 e. The Morgan fingerprint density at radius 2 is 1.87 bits per heavy atom. The van der Waals surface area contributed by atoms with Crippen LogP contribution < -0.4 is 4.90 Å².